The third-order valence-corrected chi connectivity index (χ3v) is 6.73. The highest BCUT2D eigenvalue weighted by molar-refractivity contribution is 6.02. The van der Waals surface area contributed by atoms with Crippen molar-refractivity contribution < 1.29 is 9.53 Å². The molecule has 2 N–H and O–H groups in total. The van der Waals surface area contributed by atoms with E-state index in [0.717, 1.165) is 41.9 Å². The first-order valence-corrected chi connectivity index (χ1v) is 12.2. The molecule has 1 fully saturated rings. The number of hydrogen-bond acceptors (Lipinski definition) is 7. The molecule has 9 heteroatoms. The molecule has 1 aliphatic rings. The standard InChI is InChI=1S/C28H31N7O2/c1-5-27(36)30-21-16-22(25(37-4)17-24(21)34-14-12-20(18-34)33(2)3)31-28-29-13-10-26(32-28)35-15-11-19-8-6-7-9-23(19)35/h5-11,13,15-17,20H,1,12,14,18H2,2-4H3,(H,30,36)(H,29,31,32)/t20-/m1/s1. The van der Waals surface area contributed by atoms with Crippen LogP contribution >= 0.6 is 0 Å². The topological polar surface area (TPSA) is 87.5 Å². The Hall–Kier alpha value is -4.37. The normalized spacial score (nSPS) is 15.2. The number of aromatic nitrogens is 3. The Kier molecular flexibility index (Phi) is 6.78. The quantitative estimate of drug-likeness (QED) is 0.348. The summed E-state index contributed by atoms with van der Waals surface area (Å²) in [6.45, 7) is 5.34. The van der Waals surface area contributed by atoms with Crippen LogP contribution in [0, 0.1) is 0 Å². The molecule has 0 aliphatic carbocycles. The number of rotatable bonds is 8. The smallest absolute Gasteiger partial charge is 0.247 e. The summed E-state index contributed by atoms with van der Waals surface area (Å²) < 4.78 is 7.77. The summed E-state index contributed by atoms with van der Waals surface area (Å²) in [5.74, 6) is 1.50. The zero-order valence-corrected chi connectivity index (χ0v) is 21.3. The fourth-order valence-corrected chi connectivity index (χ4v) is 4.71. The maximum absolute atomic E-state index is 12.3. The molecule has 190 valence electrons. The molecule has 37 heavy (non-hydrogen) atoms. The predicted molar refractivity (Wildman–Crippen MR) is 148 cm³/mol. The van der Waals surface area contributed by atoms with Crippen molar-refractivity contribution in [1.29, 1.82) is 0 Å². The number of methoxy groups -OCH3 is 1. The average molecular weight is 498 g/mol. The van der Waals surface area contributed by atoms with Crippen LogP contribution in [0.25, 0.3) is 16.7 Å². The molecule has 1 amide bonds. The molecule has 3 heterocycles. The Morgan fingerprint density at radius 3 is 2.78 bits per heavy atom. The molecule has 9 nitrogen and oxygen atoms in total. The van der Waals surface area contributed by atoms with Crippen LogP contribution in [0.1, 0.15) is 6.42 Å². The van der Waals surface area contributed by atoms with Gasteiger partial charge in [0.2, 0.25) is 11.9 Å². The van der Waals surface area contributed by atoms with Gasteiger partial charge in [-0.25, -0.2) is 4.98 Å². The Morgan fingerprint density at radius 2 is 2.03 bits per heavy atom. The zero-order valence-electron chi connectivity index (χ0n) is 21.3. The van der Waals surface area contributed by atoms with Crippen LogP contribution in [0.3, 0.4) is 0 Å². The van der Waals surface area contributed by atoms with Crippen LogP contribution in [0.15, 0.2) is 73.6 Å². The highest BCUT2D eigenvalue weighted by Gasteiger charge is 2.27. The van der Waals surface area contributed by atoms with Gasteiger partial charge in [-0.2, -0.15) is 4.98 Å². The van der Waals surface area contributed by atoms with E-state index in [4.69, 9.17) is 9.72 Å². The first kappa shape index (κ1) is 24.3. The number of nitrogens with one attached hydrogen (secondary N) is 2. The number of likely N-dealkylation sites (N-methyl/N-ethyl adjacent to an activating group) is 1. The number of carbonyl (C=O) groups excluding carboxylic acids is 1. The van der Waals surface area contributed by atoms with E-state index in [9.17, 15) is 4.79 Å². The first-order chi connectivity index (χ1) is 18.0. The number of amides is 1. The monoisotopic (exact) mass is 497 g/mol. The van der Waals surface area contributed by atoms with Crippen LogP contribution in [-0.2, 0) is 4.79 Å². The summed E-state index contributed by atoms with van der Waals surface area (Å²) >= 11 is 0. The van der Waals surface area contributed by atoms with E-state index in [-0.39, 0.29) is 5.91 Å². The second-order valence-corrected chi connectivity index (χ2v) is 9.22. The van der Waals surface area contributed by atoms with Crippen LogP contribution < -0.4 is 20.3 Å². The highest BCUT2D eigenvalue weighted by atomic mass is 16.5. The molecular formula is C28H31N7O2. The maximum Gasteiger partial charge on any atom is 0.247 e. The van der Waals surface area contributed by atoms with Gasteiger partial charge in [0.15, 0.2) is 0 Å². The second-order valence-electron chi connectivity index (χ2n) is 9.22. The minimum Gasteiger partial charge on any atom is -0.494 e. The Morgan fingerprint density at radius 1 is 1.19 bits per heavy atom. The zero-order chi connectivity index (χ0) is 25.9. The van der Waals surface area contributed by atoms with Gasteiger partial charge in [-0.15, -0.1) is 0 Å². The molecule has 0 radical (unpaired) electrons. The molecule has 2 aromatic heterocycles. The van der Waals surface area contributed by atoms with Gasteiger partial charge in [0, 0.05) is 37.6 Å². The number of anilines is 4. The molecule has 1 aliphatic heterocycles. The van der Waals surface area contributed by atoms with Crippen LogP contribution in [-0.4, -0.2) is 65.7 Å². The van der Waals surface area contributed by atoms with Crippen LogP contribution in [0.2, 0.25) is 0 Å². The number of nitrogens with zero attached hydrogens (tertiary/aromatic N) is 5. The number of ether oxygens (including phenoxy) is 1. The van der Waals surface area contributed by atoms with Gasteiger partial charge in [-0.3, -0.25) is 4.79 Å². The summed E-state index contributed by atoms with van der Waals surface area (Å²) in [6.07, 6.45) is 6.01. The maximum atomic E-state index is 12.3. The van der Waals surface area contributed by atoms with E-state index in [2.05, 4.69) is 64.3 Å². The third-order valence-electron chi connectivity index (χ3n) is 6.73. The van der Waals surface area contributed by atoms with Crippen molar-refractivity contribution in [3.05, 3.63) is 73.6 Å². The fraction of sp³-hybridized carbons (Fsp3) is 0.250. The fourth-order valence-electron chi connectivity index (χ4n) is 4.71. The molecule has 0 spiro atoms. The van der Waals surface area contributed by atoms with Gasteiger partial charge >= 0.3 is 0 Å². The number of benzene rings is 2. The average Bonchev–Trinajstić information content (AvgIpc) is 3.57. The van der Waals surface area contributed by atoms with E-state index < -0.39 is 0 Å². The molecule has 2 aromatic carbocycles. The third kappa shape index (κ3) is 4.99. The van der Waals surface area contributed by atoms with Gasteiger partial charge in [0.25, 0.3) is 0 Å². The SMILES string of the molecule is C=CC(=O)Nc1cc(Nc2nccc(-n3ccc4ccccc43)n2)c(OC)cc1N1CC[C@@H](N(C)C)C1. The first-order valence-electron chi connectivity index (χ1n) is 12.2. The van der Waals surface area contributed by atoms with Crippen molar-refractivity contribution in [1.82, 2.24) is 19.4 Å². The van der Waals surface area contributed by atoms with Gasteiger partial charge in [-0.1, -0.05) is 24.8 Å². The van der Waals surface area contributed by atoms with Crippen molar-refractivity contribution in [2.45, 2.75) is 12.5 Å². The largest absolute Gasteiger partial charge is 0.494 e. The lowest BCUT2D eigenvalue weighted by Gasteiger charge is -2.25. The van der Waals surface area contributed by atoms with Gasteiger partial charge < -0.3 is 29.7 Å². The molecule has 0 unspecified atom stereocenters. The number of hydrogen-bond donors (Lipinski definition) is 2. The molecule has 0 bridgehead atoms. The Balaban J connectivity index is 1.49. The summed E-state index contributed by atoms with van der Waals surface area (Å²) in [7, 11) is 5.81. The van der Waals surface area contributed by atoms with Crippen molar-refractivity contribution in [2.75, 3.05) is 49.8 Å². The van der Waals surface area contributed by atoms with E-state index in [1.165, 1.54) is 6.08 Å². The lowest BCUT2D eigenvalue weighted by molar-refractivity contribution is -0.111. The van der Waals surface area contributed by atoms with Gasteiger partial charge in [0.05, 0.1) is 29.7 Å². The van der Waals surface area contributed by atoms with Crippen LogP contribution in [0.4, 0.5) is 23.0 Å². The van der Waals surface area contributed by atoms with Crippen molar-refractivity contribution >= 4 is 39.8 Å². The number of carbonyl (C=O) groups is 1. The lowest BCUT2D eigenvalue weighted by Crippen LogP contribution is -2.31. The second kappa shape index (κ2) is 10.3. The highest BCUT2D eigenvalue weighted by Crippen LogP contribution is 2.39. The minimum absolute atomic E-state index is 0.279. The van der Waals surface area contributed by atoms with E-state index in [1.807, 2.05) is 41.1 Å². The Bertz CT molecular complexity index is 1450. The lowest BCUT2D eigenvalue weighted by atomic mass is 10.2. The van der Waals surface area contributed by atoms with Gasteiger partial charge in [-0.05, 0) is 56.2 Å². The van der Waals surface area contributed by atoms with E-state index in [1.54, 1.807) is 13.3 Å². The number of fused-ring (bicyclic) bond motifs is 1. The van der Waals surface area contributed by atoms with Crippen molar-refractivity contribution in [2.24, 2.45) is 0 Å². The van der Waals surface area contributed by atoms with Gasteiger partial charge in [0.1, 0.15) is 11.6 Å². The van der Waals surface area contributed by atoms with E-state index >= 15 is 0 Å². The molecule has 5 rings (SSSR count). The molecule has 1 atom stereocenters. The minimum atomic E-state index is -0.279. The molecule has 0 saturated carbocycles. The molecular weight excluding hydrogens is 466 g/mol. The predicted octanol–water partition coefficient (Wildman–Crippen LogP) is 4.44. The van der Waals surface area contributed by atoms with Crippen LogP contribution in [0.5, 0.6) is 5.75 Å². The Labute approximate surface area is 216 Å². The van der Waals surface area contributed by atoms with Crippen molar-refractivity contribution in [3.8, 4) is 11.6 Å². The number of para-hydroxylation sites is 1. The summed E-state index contributed by atoms with van der Waals surface area (Å²) in [6, 6.07) is 16.3. The van der Waals surface area contributed by atoms with Crippen molar-refractivity contribution in [3.63, 3.8) is 0 Å². The summed E-state index contributed by atoms with van der Waals surface area (Å²) in [5, 5.41) is 7.38. The summed E-state index contributed by atoms with van der Waals surface area (Å²) in [4.78, 5) is 26.0. The molecule has 4 aromatic rings. The molecule has 1 saturated heterocycles. The summed E-state index contributed by atoms with van der Waals surface area (Å²) in [5.41, 5.74) is 3.27. The van der Waals surface area contributed by atoms with E-state index in [0.29, 0.717) is 29.1 Å².